The number of carbonyl (C=O) groups is 1. The van der Waals surface area contributed by atoms with Gasteiger partial charge in [0, 0.05) is 6.04 Å². The van der Waals surface area contributed by atoms with Gasteiger partial charge in [0.05, 0.1) is 16.9 Å². The zero-order valence-electron chi connectivity index (χ0n) is 10.5. The lowest BCUT2D eigenvalue weighted by Crippen LogP contribution is -2.19. The van der Waals surface area contributed by atoms with Crippen LogP contribution in [-0.4, -0.2) is 17.1 Å². The summed E-state index contributed by atoms with van der Waals surface area (Å²) in [5.41, 5.74) is 6.96. The molecule has 4 nitrogen and oxygen atoms in total. The smallest absolute Gasteiger partial charge is 0.337 e. The van der Waals surface area contributed by atoms with Crippen molar-refractivity contribution >= 4 is 17.3 Å². The molecule has 1 unspecified atom stereocenters. The van der Waals surface area contributed by atoms with Crippen LogP contribution in [0.1, 0.15) is 37.6 Å². The Morgan fingerprint density at radius 2 is 2.06 bits per heavy atom. The molecule has 4 N–H and O–H groups in total. The highest BCUT2D eigenvalue weighted by atomic mass is 16.4. The molecule has 0 aromatic heterocycles. The molecule has 0 spiro atoms. The van der Waals surface area contributed by atoms with Gasteiger partial charge in [0.1, 0.15) is 0 Å². The Bertz CT molecular complexity index is 402. The minimum atomic E-state index is -0.998. The standard InChI is InChI=1S/C13H20N2O2/c1-8(2)7-9(3)15-11-6-4-5-10(12(11)14)13(16)17/h4-6,8-9,15H,7,14H2,1-3H3,(H,16,17). The number of carboxylic acid groups (broad SMARTS) is 1. The Kier molecular flexibility index (Phi) is 4.37. The summed E-state index contributed by atoms with van der Waals surface area (Å²) in [4.78, 5) is 10.9. The molecule has 0 bridgehead atoms. The molecule has 0 aliphatic rings. The quantitative estimate of drug-likeness (QED) is 0.687. The Morgan fingerprint density at radius 1 is 1.41 bits per heavy atom. The third-order valence-electron chi connectivity index (χ3n) is 2.56. The van der Waals surface area contributed by atoms with E-state index in [1.165, 1.54) is 6.07 Å². The first-order valence-corrected chi connectivity index (χ1v) is 5.80. The predicted octanol–water partition coefficient (Wildman–Crippen LogP) is 2.81. The first-order valence-electron chi connectivity index (χ1n) is 5.80. The van der Waals surface area contributed by atoms with Crippen LogP contribution in [0.25, 0.3) is 0 Å². The fraction of sp³-hybridized carbons (Fsp3) is 0.462. The maximum Gasteiger partial charge on any atom is 0.337 e. The number of hydrogen-bond donors (Lipinski definition) is 3. The lowest BCUT2D eigenvalue weighted by Gasteiger charge is -2.19. The second-order valence-electron chi connectivity index (χ2n) is 4.75. The normalized spacial score (nSPS) is 12.5. The number of benzene rings is 1. The first kappa shape index (κ1) is 13.4. The van der Waals surface area contributed by atoms with E-state index in [9.17, 15) is 4.79 Å². The van der Waals surface area contributed by atoms with Crippen molar-refractivity contribution in [2.45, 2.75) is 33.2 Å². The molecular formula is C13H20N2O2. The molecule has 94 valence electrons. The lowest BCUT2D eigenvalue weighted by atomic mass is 10.0. The van der Waals surface area contributed by atoms with Gasteiger partial charge in [0.2, 0.25) is 0 Å². The molecule has 0 aliphatic carbocycles. The van der Waals surface area contributed by atoms with Gasteiger partial charge in [0.25, 0.3) is 0 Å². The zero-order chi connectivity index (χ0) is 13.0. The molecule has 0 fully saturated rings. The van der Waals surface area contributed by atoms with Crippen molar-refractivity contribution in [2.75, 3.05) is 11.1 Å². The van der Waals surface area contributed by atoms with Gasteiger partial charge >= 0.3 is 5.97 Å². The van der Waals surface area contributed by atoms with Crippen molar-refractivity contribution in [1.82, 2.24) is 0 Å². The van der Waals surface area contributed by atoms with Crippen LogP contribution >= 0.6 is 0 Å². The van der Waals surface area contributed by atoms with E-state index in [0.29, 0.717) is 17.3 Å². The first-order chi connectivity index (χ1) is 7.91. The number of para-hydroxylation sites is 1. The van der Waals surface area contributed by atoms with E-state index in [1.54, 1.807) is 12.1 Å². The molecule has 0 saturated carbocycles. The summed E-state index contributed by atoms with van der Waals surface area (Å²) in [7, 11) is 0. The van der Waals surface area contributed by atoms with Gasteiger partial charge in [-0.25, -0.2) is 4.79 Å². The minimum Gasteiger partial charge on any atom is -0.478 e. The van der Waals surface area contributed by atoms with E-state index in [2.05, 4.69) is 26.1 Å². The van der Waals surface area contributed by atoms with E-state index in [-0.39, 0.29) is 11.6 Å². The molecule has 0 aliphatic heterocycles. The molecule has 0 heterocycles. The number of nitrogens with one attached hydrogen (secondary N) is 1. The third-order valence-corrected chi connectivity index (χ3v) is 2.56. The van der Waals surface area contributed by atoms with Crippen molar-refractivity contribution in [2.24, 2.45) is 5.92 Å². The number of carboxylic acids is 1. The molecular weight excluding hydrogens is 216 g/mol. The van der Waals surface area contributed by atoms with Crippen molar-refractivity contribution in [3.8, 4) is 0 Å². The van der Waals surface area contributed by atoms with Crippen molar-refractivity contribution in [3.05, 3.63) is 23.8 Å². The SMILES string of the molecule is CC(C)CC(C)Nc1cccc(C(=O)O)c1N. The van der Waals surface area contributed by atoms with Crippen LogP contribution < -0.4 is 11.1 Å². The van der Waals surface area contributed by atoms with Gasteiger partial charge in [-0.1, -0.05) is 19.9 Å². The van der Waals surface area contributed by atoms with Crippen LogP contribution in [0.3, 0.4) is 0 Å². The zero-order valence-corrected chi connectivity index (χ0v) is 10.5. The molecule has 1 rings (SSSR count). The largest absolute Gasteiger partial charge is 0.478 e. The van der Waals surface area contributed by atoms with Gasteiger partial charge in [-0.2, -0.15) is 0 Å². The van der Waals surface area contributed by atoms with Gasteiger partial charge in [-0.15, -0.1) is 0 Å². The van der Waals surface area contributed by atoms with Gasteiger partial charge in [-0.3, -0.25) is 0 Å². The molecule has 1 aromatic carbocycles. The number of nitrogen functional groups attached to an aromatic ring is 1. The Morgan fingerprint density at radius 3 is 2.59 bits per heavy atom. The third kappa shape index (κ3) is 3.66. The maximum absolute atomic E-state index is 10.9. The summed E-state index contributed by atoms with van der Waals surface area (Å²) in [6.07, 6.45) is 1.01. The van der Waals surface area contributed by atoms with Crippen LogP contribution in [0.5, 0.6) is 0 Å². The number of rotatable bonds is 5. The van der Waals surface area contributed by atoms with Crippen LogP contribution in [0.2, 0.25) is 0 Å². The predicted molar refractivity (Wildman–Crippen MR) is 70.4 cm³/mol. The number of hydrogen-bond acceptors (Lipinski definition) is 3. The summed E-state index contributed by atoms with van der Waals surface area (Å²) in [5, 5.41) is 12.2. The Balaban J connectivity index is 2.85. The van der Waals surface area contributed by atoms with Gasteiger partial charge in [0.15, 0.2) is 0 Å². The summed E-state index contributed by atoms with van der Waals surface area (Å²) in [6, 6.07) is 5.28. The molecule has 4 heteroatoms. The van der Waals surface area contributed by atoms with Crippen molar-refractivity contribution < 1.29 is 9.90 Å². The number of anilines is 2. The van der Waals surface area contributed by atoms with E-state index >= 15 is 0 Å². The van der Waals surface area contributed by atoms with Crippen molar-refractivity contribution in [1.29, 1.82) is 0 Å². The summed E-state index contributed by atoms with van der Waals surface area (Å²) in [5.74, 6) is -0.413. The fourth-order valence-corrected chi connectivity index (χ4v) is 1.91. The summed E-state index contributed by atoms with van der Waals surface area (Å²) in [6.45, 7) is 6.36. The number of aromatic carboxylic acids is 1. The highest BCUT2D eigenvalue weighted by molar-refractivity contribution is 5.97. The van der Waals surface area contributed by atoms with Crippen LogP contribution in [0.4, 0.5) is 11.4 Å². The number of nitrogens with two attached hydrogens (primary N) is 1. The molecule has 1 atom stereocenters. The molecule has 0 amide bonds. The van der Waals surface area contributed by atoms with Crippen LogP contribution in [0.15, 0.2) is 18.2 Å². The topological polar surface area (TPSA) is 75.3 Å². The molecule has 1 aromatic rings. The minimum absolute atomic E-state index is 0.145. The second-order valence-corrected chi connectivity index (χ2v) is 4.75. The Hall–Kier alpha value is -1.71. The van der Waals surface area contributed by atoms with Crippen LogP contribution in [-0.2, 0) is 0 Å². The monoisotopic (exact) mass is 236 g/mol. The molecule has 17 heavy (non-hydrogen) atoms. The molecule has 0 saturated heterocycles. The maximum atomic E-state index is 10.9. The van der Waals surface area contributed by atoms with E-state index < -0.39 is 5.97 Å². The van der Waals surface area contributed by atoms with Gasteiger partial charge in [-0.05, 0) is 31.4 Å². The van der Waals surface area contributed by atoms with E-state index in [4.69, 9.17) is 10.8 Å². The fourth-order valence-electron chi connectivity index (χ4n) is 1.91. The molecule has 0 radical (unpaired) electrons. The van der Waals surface area contributed by atoms with Crippen LogP contribution in [0, 0.1) is 5.92 Å². The van der Waals surface area contributed by atoms with E-state index in [1.807, 2.05) is 0 Å². The summed E-state index contributed by atoms with van der Waals surface area (Å²) >= 11 is 0. The second kappa shape index (κ2) is 5.57. The van der Waals surface area contributed by atoms with E-state index in [0.717, 1.165) is 6.42 Å². The highest BCUT2D eigenvalue weighted by Gasteiger charge is 2.12. The Labute approximate surface area is 102 Å². The highest BCUT2D eigenvalue weighted by Crippen LogP contribution is 2.24. The van der Waals surface area contributed by atoms with Gasteiger partial charge < -0.3 is 16.2 Å². The average molecular weight is 236 g/mol. The summed E-state index contributed by atoms with van der Waals surface area (Å²) < 4.78 is 0. The average Bonchev–Trinajstić information content (AvgIpc) is 2.19. The van der Waals surface area contributed by atoms with Crippen molar-refractivity contribution in [3.63, 3.8) is 0 Å². The lowest BCUT2D eigenvalue weighted by molar-refractivity contribution is 0.0698.